The van der Waals surface area contributed by atoms with Gasteiger partial charge >= 0.3 is 0 Å². The van der Waals surface area contributed by atoms with Gasteiger partial charge in [0.1, 0.15) is 0 Å². The lowest BCUT2D eigenvalue weighted by Crippen LogP contribution is -2.44. The van der Waals surface area contributed by atoms with E-state index in [9.17, 15) is 0 Å². The van der Waals surface area contributed by atoms with E-state index in [1.807, 2.05) is 0 Å². The minimum absolute atomic E-state index is 0.649. The smallest absolute Gasteiger partial charge is 0.218 e. The Labute approximate surface area is 150 Å². The Morgan fingerprint density at radius 1 is 0.680 bits per heavy atom. The molecule has 0 aliphatic carbocycles. The van der Waals surface area contributed by atoms with Crippen LogP contribution in [0.2, 0.25) is 13.1 Å². The average molecular weight is 343 g/mol. The molecule has 0 heterocycles. The van der Waals surface area contributed by atoms with Gasteiger partial charge in [-0.05, 0) is 51.5 Å². The predicted octanol–water partition coefficient (Wildman–Crippen LogP) is 5.62. The standard InChI is InChI=1S/C23H22OSi/c1-25(2,20-12-4-3-5-13-20)24-17-23-21-14-8-6-10-18(21)16-19-11-7-9-15-22(19)23/h3-16H,17H2,1-2H3. The van der Waals surface area contributed by atoms with Gasteiger partial charge in [0.25, 0.3) is 0 Å². The molecule has 25 heavy (non-hydrogen) atoms. The molecule has 0 fully saturated rings. The van der Waals surface area contributed by atoms with Gasteiger partial charge in [-0.3, -0.25) is 0 Å². The van der Waals surface area contributed by atoms with E-state index in [1.54, 1.807) is 0 Å². The Balaban J connectivity index is 1.77. The second-order valence-corrected chi connectivity index (χ2v) is 10.8. The van der Waals surface area contributed by atoms with Gasteiger partial charge in [-0.2, -0.15) is 0 Å². The quantitative estimate of drug-likeness (QED) is 0.345. The minimum atomic E-state index is -1.94. The van der Waals surface area contributed by atoms with Crippen LogP contribution in [-0.4, -0.2) is 8.32 Å². The molecule has 0 N–H and O–H groups in total. The van der Waals surface area contributed by atoms with Crippen molar-refractivity contribution in [3.05, 3.63) is 90.5 Å². The van der Waals surface area contributed by atoms with Crippen LogP contribution in [0, 0.1) is 0 Å². The molecule has 0 aliphatic rings. The van der Waals surface area contributed by atoms with Crippen LogP contribution < -0.4 is 5.19 Å². The predicted molar refractivity (Wildman–Crippen MR) is 110 cm³/mol. The first-order chi connectivity index (χ1) is 12.1. The monoisotopic (exact) mass is 342 g/mol. The van der Waals surface area contributed by atoms with Crippen molar-refractivity contribution in [2.45, 2.75) is 19.7 Å². The summed E-state index contributed by atoms with van der Waals surface area (Å²) < 4.78 is 6.56. The maximum atomic E-state index is 6.56. The van der Waals surface area contributed by atoms with E-state index < -0.39 is 8.32 Å². The van der Waals surface area contributed by atoms with Crippen molar-refractivity contribution in [3.63, 3.8) is 0 Å². The molecule has 0 radical (unpaired) electrons. The maximum absolute atomic E-state index is 6.56. The summed E-state index contributed by atoms with van der Waals surface area (Å²) in [6.07, 6.45) is 0. The molecule has 2 heteroatoms. The molecule has 124 valence electrons. The molecule has 4 aromatic carbocycles. The van der Waals surface area contributed by atoms with Crippen LogP contribution in [0.4, 0.5) is 0 Å². The topological polar surface area (TPSA) is 9.23 Å². The van der Waals surface area contributed by atoms with Gasteiger partial charge in [0.05, 0.1) is 6.61 Å². The van der Waals surface area contributed by atoms with Crippen molar-refractivity contribution in [3.8, 4) is 0 Å². The second-order valence-electron chi connectivity index (χ2n) is 6.96. The fourth-order valence-electron chi connectivity index (χ4n) is 3.44. The second kappa shape index (κ2) is 6.47. The first kappa shape index (κ1) is 16.1. The third kappa shape index (κ3) is 3.11. The van der Waals surface area contributed by atoms with Crippen LogP contribution >= 0.6 is 0 Å². The molecule has 0 unspecified atom stereocenters. The summed E-state index contributed by atoms with van der Waals surface area (Å²) in [5, 5.41) is 6.47. The molecule has 0 aromatic heterocycles. The van der Waals surface area contributed by atoms with Crippen molar-refractivity contribution in [1.29, 1.82) is 0 Å². The molecular weight excluding hydrogens is 320 g/mol. The molecular formula is C23H22OSi. The average Bonchev–Trinajstić information content (AvgIpc) is 2.66. The van der Waals surface area contributed by atoms with Crippen molar-refractivity contribution < 1.29 is 4.43 Å². The first-order valence-electron chi connectivity index (χ1n) is 8.74. The lowest BCUT2D eigenvalue weighted by molar-refractivity contribution is 0.307. The highest BCUT2D eigenvalue weighted by atomic mass is 28.4. The Morgan fingerprint density at radius 3 is 1.80 bits per heavy atom. The molecule has 0 bridgehead atoms. The van der Waals surface area contributed by atoms with Crippen LogP contribution in [0.3, 0.4) is 0 Å². The van der Waals surface area contributed by atoms with Gasteiger partial charge in [-0.25, -0.2) is 0 Å². The fraction of sp³-hybridized carbons (Fsp3) is 0.130. The molecule has 4 aromatic rings. The first-order valence-corrected chi connectivity index (χ1v) is 11.6. The summed E-state index contributed by atoms with van der Waals surface area (Å²) in [7, 11) is -1.94. The van der Waals surface area contributed by atoms with E-state index in [4.69, 9.17) is 4.43 Å². The Bertz CT molecular complexity index is 968. The molecule has 0 spiro atoms. The molecule has 4 rings (SSSR count). The van der Waals surface area contributed by atoms with Gasteiger partial charge < -0.3 is 4.43 Å². The van der Waals surface area contributed by atoms with Gasteiger partial charge in [-0.1, -0.05) is 78.9 Å². The zero-order valence-electron chi connectivity index (χ0n) is 14.7. The van der Waals surface area contributed by atoms with Crippen LogP contribution in [-0.2, 0) is 11.0 Å². The molecule has 0 aliphatic heterocycles. The van der Waals surface area contributed by atoms with E-state index >= 15 is 0 Å². The lowest BCUT2D eigenvalue weighted by atomic mass is 9.97. The van der Waals surface area contributed by atoms with Crippen molar-refractivity contribution in [2.24, 2.45) is 0 Å². The number of hydrogen-bond acceptors (Lipinski definition) is 1. The van der Waals surface area contributed by atoms with E-state index in [-0.39, 0.29) is 0 Å². The normalized spacial score (nSPS) is 11.9. The number of rotatable bonds is 4. The van der Waals surface area contributed by atoms with Crippen molar-refractivity contribution in [2.75, 3.05) is 0 Å². The zero-order chi connectivity index (χ0) is 17.3. The van der Waals surface area contributed by atoms with Gasteiger partial charge in [-0.15, -0.1) is 0 Å². The highest BCUT2D eigenvalue weighted by Crippen LogP contribution is 2.29. The van der Waals surface area contributed by atoms with E-state index in [0.29, 0.717) is 6.61 Å². The Hall–Kier alpha value is -2.42. The van der Waals surface area contributed by atoms with E-state index in [1.165, 1.54) is 32.3 Å². The Morgan fingerprint density at radius 2 is 1.20 bits per heavy atom. The zero-order valence-corrected chi connectivity index (χ0v) is 15.7. The van der Waals surface area contributed by atoms with Gasteiger partial charge in [0.15, 0.2) is 0 Å². The number of hydrogen-bond donors (Lipinski definition) is 0. The minimum Gasteiger partial charge on any atom is -0.409 e. The molecule has 0 atom stereocenters. The highest BCUT2D eigenvalue weighted by Gasteiger charge is 2.25. The maximum Gasteiger partial charge on any atom is 0.218 e. The van der Waals surface area contributed by atoms with Gasteiger partial charge in [0, 0.05) is 0 Å². The number of fused-ring (bicyclic) bond motifs is 2. The SMILES string of the molecule is C[Si](C)(OCc1c2ccccc2cc2ccccc12)c1ccccc1. The summed E-state index contributed by atoms with van der Waals surface area (Å²) in [5.74, 6) is 0. The molecule has 0 amide bonds. The van der Waals surface area contributed by atoms with Gasteiger partial charge in [0.2, 0.25) is 8.32 Å². The van der Waals surface area contributed by atoms with Crippen LogP contribution in [0.25, 0.3) is 21.5 Å². The van der Waals surface area contributed by atoms with Crippen molar-refractivity contribution >= 4 is 35.0 Å². The summed E-state index contributed by atoms with van der Waals surface area (Å²) in [6, 6.07) is 30.1. The molecule has 0 saturated heterocycles. The molecule has 1 nitrogen and oxygen atoms in total. The van der Waals surface area contributed by atoms with Crippen LogP contribution in [0.1, 0.15) is 5.56 Å². The number of benzene rings is 4. The summed E-state index contributed by atoms with van der Waals surface area (Å²) in [5.41, 5.74) is 1.30. The highest BCUT2D eigenvalue weighted by molar-refractivity contribution is 6.84. The summed E-state index contributed by atoms with van der Waals surface area (Å²) in [6.45, 7) is 5.20. The third-order valence-electron chi connectivity index (χ3n) is 4.93. The molecule has 0 saturated carbocycles. The fourth-order valence-corrected chi connectivity index (χ4v) is 5.11. The van der Waals surface area contributed by atoms with Crippen LogP contribution in [0.5, 0.6) is 0 Å². The van der Waals surface area contributed by atoms with Crippen molar-refractivity contribution in [1.82, 2.24) is 0 Å². The Kier molecular flexibility index (Phi) is 4.16. The summed E-state index contributed by atoms with van der Waals surface area (Å²) >= 11 is 0. The van der Waals surface area contributed by atoms with E-state index in [0.717, 1.165) is 0 Å². The third-order valence-corrected chi connectivity index (χ3v) is 7.52. The van der Waals surface area contributed by atoms with E-state index in [2.05, 4.69) is 98.0 Å². The summed E-state index contributed by atoms with van der Waals surface area (Å²) in [4.78, 5) is 0. The largest absolute Gasteiger partial charge is 0.409 e. The lowest BCUT2D eigenvalue weighted by Gasteiger charge is -2.24. The van der Waals surface area contributed by atoms with Crippen LogP contribution in [0.15, 0.2) is 84.9 Å².